The molecule has 2 aromatic carbocycles. The maximum atomic E-state index is 12.6. The molecule has 0 aliphatic rings. The first-order chi connectivity index (χ1) is 27.0. The van der Waals surface area contributed by atoms with Crippen LogP contribution in [-0.4, -0.2) is 36.0 Å². The molecule has 56 heavy (non-hydrogen) atoms. The number of benzene rings is 2. The van der Waals surface area contributed by atoms with Crippen molar-refractivity contribution in [3.8, 4) is 21.6 Å². The predicted octanol–water partition coefficient (Wildman–Crippen LogP) is 9.57. The molecule has 6 N–H and O–H groups in total. The number of hydrogen-bond acceptors (Lipinski definition) is 12. The number of aryl methyl sites for hydroxylation is 4. The Morgan fingerprint density at radius 3 is 1.62 bits per heavy atom. The summed E-state index contributed by atoms with van der Waals surface area (Å²) in [5, 5.41) is 11.5. The topological polar surface area (TPSA) is 173 Å². The lowest BCUT2D eigenvalue weighted by atomic mass is 10.1. The molecule has 12 nitrogen and oxygen atoms in total. The van der Waals surface area contributed by atoms with Gasteiger partial charge in [0.1, 0.15) is 23.1 Å². The zero-order valence-corrected chi connectivity index (χ0v) is 33.9. The van der Waals surface area contributed by atoms with E-state index >= 15 is 0 Å². The van der Waals surface area contributed by atoms with Gasteiger partial charge in [-0.3, -0.25) is 9.59 Å². The molecular weight excluding hydrogens is 749 g/mol. The van der Waals surface area contributed by atoms with Gasteiger partial charge in [0.15, 0.2) is 10.1 Å². The molecular formula is C42H46N6O6S2. The number of carbonyl (C=O) groups is 2. The number of pyridine rings is 2. The van der Waals surface area contributed by atoms with E-state index in [9.17, 15) is 9.59 Å². The Morgan fingerprint density at radius 1 is 0.679 bits per heavy atom. The number of carbonyl (C=O) groups excluding carboxylic acids is 2. The molecule has 6 rings (SSSR count). The molecule has 6 aromatic rings. The van der Waals surface area contributed by atoms with Crippen LogP contribution in [0.15, 0.2) is 83.6 Å². The van der Waals surface area contributed by atoms with Gasteiger partial charge in [0.05, 0.1) is 35.7 Å². The van der Waals surface area contributed by atoms with Gasteiger partial charge in [-0.15, -0.1) is 22.7 Å². The first-order valence-corrected chi connectivity index (χ1v) is 19.6. The van der Waals surface area contributed by atoms with Crippen LogP contribution < -0.4 is 31.6 Å². The van der Waals surface area contributed by atoms with E-state index in [0.717, 1.165) is 51.2 Å². The van der Waals surface area contributed by atoms with Crippen molar-refractivity contribution in [2.75, 3.05) is 36.3 Å². The third kappa shape index (κ3) is 10.9. The minimum atomic E-state index is -0.309. The van der Waals surface area contributed by atoms with Gasteiger partial charge in [-0.05, 0) is 127 Å². The number of nitrogens with zero attached hydrogens (tertiary/aromatic N) is 2. The molecule has 0 aliphatic heterocycles. The predicted molar refractivity (Wildman–Crippen MR) is 225 cm³/mol. The minimum Gasteiger partial charge on any atom is -0.447 e. The van der Waals surface area contributed by atoms with Gasteiger partial charge < -0.3 is 41.0 Å². The maximum Gasteiger partial charge on any atom is 0.259 e. The monoisotopic (exact) mass is 794 g/mol. The molecule has 0 saturated carbocycles. The first-order valence-electron chi connectivity index (χ1n) is 17.8. The fraction of sp³-hybridized carbons (Fsp3) is 0.238. The Labute approximate surface area is 334 Å². The van der Waals surface area contributed by atoms with Crippen molar-refractivity contribution in [2.45, 2.75) is 53.8 Å². The Balaban J connectivity index is 0.000000214. The first kappa shape index (κ1) is 41.4. The van der Waals surface area contributed by atoms with Crippen molar-refractivity contribution >= 4 is 57.5 Å². The number of anilines is 4. The van der Waals surface area contributed by atoms with E-state index in [4.69, 9.17) is 30.4 Å². The lowest BCUT2D eigenvalue weighted by Gasteiger charge is -2.11. The standard InChI is InChI=1S/2C21H23N3O3S/c1-4-14-10-19(28-12-14)27-16-7-5-15(6-8-16)23-21(25)17-9-13(2)18(11-26-3)24-20(17)22;1-4-14-9-10-28-21(14)27-16-7-5-15(6-8-16)23-20(25)17-11-13(2)18(12-26-3)24-19(17)22/h5-10,12H,4,11H2,1-3H3,(H2,22,24)(H,23,25);5-11H,4,12H2,1-3H3,(H2,22,24)(H,23,25). The maximum absolute atomic E-state index is 12.6. The van der Waals surface area contributed by atoms with Crippen molar-refractivity contribution < 1.29 is 28.5 Å². The molecule has 0 saturated heterocycles. The van der Waals surface area contributed by atoms with E-state index in [-0.39, 0.29) is 23.5 Å². The molecule has 4 aromatic heterocycles. The normalized spacial score (nSPS) is 10.7. The zero-order valence-electron chi connectivity index (χ0n) is 32.2. The lowest BCUT2D eigenvalue weighted by Crippen LogP contribution is -2.16. The summed E-state index contributed by atoms with van der Waals surface area (Å²) in [6.45, 7) is 8.65. The number of nitrogens with two attached hydrogens (primary N) is 2. The van der Waals surface area contributed by atoms with Crippen LogP contribution >= 0.6 is 22.7 Å². The van der Waals surface area contributed by atoms with Crippen LogP contribution in [0.3, 0.4) is 0 Å². The van der Waals surface area contributed by atoms with Crippen LogP contribution in [0.4, 0.5) is 23.0 Å². The number of hydrogen-bond donors (Lipinski definition) is 4. The summed E-state index contributed by atoms with van der Waals surface area (Å²) in [6.07, 6.45) is 1.90. The number of nitrogen functional groups attached to an aromatic ring is 2. The average Bonchev–Trinajstić information content (AvgIpc) is 3.85. The molecule has 0 radical (unpaired) electrons. The van der Waals surface area contributed by atoms with Crippen LogP contribution in [0.1, 0.15) is 68.2 Å². The van der Waals surface area contributed by atoms with E-state index in [2.05, 4.69) is 45.9 Å². The summed E-state index contributed by atoms with van der Waals surface area (Å²) in [5.41, 5.74) is 19.5. The molecule has 0 bridgehead atoms. The van der Waals surface area contributed by atoms with E-state index in [1.165, 1.54) is 11.1 Å². The highest BCUT2D eigenvalue weighted by atomic mass is 32.1. The van der Waals surface area contributed by atoms with Gasteiger partial charge in [-0.2, -0.15) is 0 Å². The molecule has 0 spiro atoms. The highest BCUT2D eigenvalue weighted by molar-refractivity contribution is 7.12. The second kappa shape index (κ2) is 19.7. The SMILES string of the molecule is CCc1ccsc1Oc1ccc(NC(=O)c2cc(C)c(COC)nc2N)cc1.CCc1csc(Oc2ccc(NC(=O)c3cc(C)c(COC)nc3N)cc2)c1. The molecule has 4 heterocycles. The van der Waals surface area contributed by atoms with Gasteiger partial charge in [-0.1, -0.05) is 13.8 Å². The van der Waals surface area contributed by atoms with E-state index in [0.29, 0.717) is 41.5 Å². The van der Waals surface area contributed by atoms with Crippen LogP contribution in [-0.2, 0) is 35.5 Å². The molecule has 0 aliphatic carbocycles. The molecule has 292 valence electrons. The van der Waals surface area contributed by atoms with Crippen LogP contribution in [0.2, 0.25) is 0 Å². The van der Waals surface area contributed by atoms with Crippen LogP contribution in [0.5, 0.6) is 21.6 Å². The van der Waals surface area contributed by atoms with Crippen molar-refractivity contribution in [1.82, 2.24) is 9.97 Å². The lowest BCUT2D eigenvalue weighted by molar-refractivity contribution is 0.101. The summed E-state index contributed by atoms with van der Waals surface area (Å²) in [6, 6.07) is 22.0. The summed E-state index contributed by atoms with van der Waals surface area (Å²) < 4.78 is 21.9. The molecule has 2 amide bonds. The summed E-state index contributed by atoms with van der Waals surface area (Å²) in [4.78, 5) is 33.7. The fourth-order valence-corrected chi connectivity index (χ4v) is 7.09. The van der Waals surface area contributed by atoms with Gasteiger partial charge >= 0.3 is 0 Å². The van der Waals surface area contributed by atoms with Crippen LogP contribution in [0.25, 0.3) is 0 Å². The Kier molecular flexibility index (Phi) is 14.5. The highest BCUT2D eigenvalue weighted by Crippen LogP contribution is 2.32. The molecule has 0 atom stereocenters. The number of ether oxygens (including phenoxy) is 4. The van der Waals surface area contributed by atoms with Crippen LogP contribution in [0, 0.1) is 13.8 Å². The van der Waals surface area contributed by atoms with Crippen molar-refractivity contribution in [3.05, 3.63) is 128 Å². The van der Waals surface area contributed by atoms with E-state index in [1.807, 2.05) is 49.6 Å². The van der Waals surface area contributed by atoms with Crippen molar-refractivity contribution in [1.29, 1.82) is 0 Å². The third-order valence-electron chi connectivity index (χ3n) is 8.52. The van der Waals surface area contributed by atoms with Crippen molar-refractivity contribution in [2.24, 2.45) is 0 Å². The Hall–Kier alpha value is -5.80. The molecule has 0 unspecified atom stereocenters. The van der Waals surface area contributed by atoms with Gasteiger partial charge in [0.25, 0.3) is 11.8 Å². The third-order valence-corrected chi connectivity index (χ3v) is 10.2. The second-order valence-electron chi connectivity index (χ2n) is 12.6. The second-order valence-corrected chi connectivity index (χ2v) is 14.4. The van der Waals surface area contributed by atoms with E-state index < -0.39 is 0 Å². The number of thiophene rings is 2. The molecule has 14 heteroatoms. The average molecular weight is 795 g/mol. The van der Waals surface area contributed by atoms with Crippen molar-refractivity contribution in [3.63, 3.8) is 0 Å². The van der Waals surface area contributed by atoms with E-state index in [1.54, 1.807) is 73.3 Å². The smallest absolute Gasteiger partial charge is 0.259 e. The Morgan fingerprint density at radius 2 is 1.18 bits per heavy atom. The van der Waals surface area contributed by atoms with Gasteiger partial charge in [0, 0.05) is 31.2 Å². The minimum absolute atomic E-state index is 0.180. The fourth-order valence-electron chi connectivity index (χ4n) is 5.36. The number of nitrogens with one attached hydrogen (secondary N) is 2. The number of methoxy groups -OCH3 is 2. The quantitative estimate of drug-likeness (QED) is 0.0832. The Bertz CT molecular complexity index is 2250. The number of amides is 2. The summed E-state index contributed by atoms with van der Waals surface area (Å²) in [7, 11) is 3.18. The summed E-state index contributed by atoms with van der Waals surface area (Å²) in [5.74, 6) is 1.17. The largest absolute Gasteiger partial charge is 0.447 e. The van der Waals surface area contributed by atoms with Gasteiger partial charge in [-0.25, -0.2) is 9.97 Å². The highest BCUT2D eigenvalue weighted by Gasteiger charge is 2.16. The zero-order chi connectivity index (χ0) is 40.2. The summed E-state index contributed by atoms with van der Waals surface area (Å²) >= 11 is 3.13. The van der Waals surface area contributed by atoms with Gasteiger partial charge in [0.2, 0.25) is 0 Å². The molecule has 0 fully saturated rings. The number of rotatable bonds is 14. The number of aromatic nitrogens is 2.